The lowest BCUT2D eigenvalue weighted by molar-refractivity contribution is -0.137. The molecule has 4 rings (SSSR count). The molecule has 2 aromatic carbocycles. The van der Waals surface area contributed by atoms with Gasteiger partial charge in [0.1, 0.15) is 0 Å². The minimum absolute atomic E-state index is 0.0353. The van der Waals surface area contributed by atoms with Crippen LogP contribution in [0.1, 0.15) is 42.5 Å². The van der Waals surface area contributed by atoms with Crippen LogP contribution >= 0.6 is 0 Å². The number of benzene rings is 2. The molecule has 2 aromatic rings. The fourth-order valence-electron chi connectivity index (χ4n) is 4.49. The standard InChI is InChI=1S/C26H23F3N4O3/c1-3-20(34)15-32-23(17-9-7-16(14-30)8-10-17)22-21(11-12-31(2)24(22)35)33(25(32)36)19-6-4-5-18(13-19)26(27,28)29/h4-10,13,23H,3,11-12,15H2,1-2H3. The first-order valence-corrected chi connectivity index (χ1v) is 11.3. The Balaban J connectivity index is 1.96. The van der Waals surface area contributed by atoms with Gasteiger partial charge in [-0.3, -0.25) is 14.5 Å². The molecule has 10 heteroatoms. The maximum Gasteiger partial charge on any atom is 0.416 e. The zero-order chi connectivity index (χ0) is 26.2. The van der Waals surface area contributed by atoms with E-state index in [1.54, 1.807) is 38.2 Å². The van der Waals surface area contributed by atoms with Crippen molar-refractivity contribution in [3.05, 3.63) is 76.5 Å². The lowest BCUT2D eigenvalue weighted by atomic mass is 9.88. The van der Waals surface area contributed by atoms with Crippen LogP contribution in [0.4, 0.5) is 23.7 Å². The van der Waals surface area contributed by atoms with Gasteiger partial charge in [-0.2, -0.15) is 18.4 Å². The zero-order valence-corrected chi connectivity index (χ0v) is 19.7. The number of nitrogens with zero attached hydrogens (tertiary/aromatic N) is 4. The van der Waals surface area contributed by atoms with Crippen LogP contribution in [-0.4, -0.2) is 47.7 Å². The zero-order valence-electron chi connectivity index (χ0n) is 19.7. The highest BCUT2D eigenvalue weighted by molar-refractivity contribution is 6.06. The molecular weight excluding hydrogens is 473 g/mol. The lowest BCUT2D eigenvalue weighted by Gasteiger charge is -2.46. The van der Waals surface area contributed by atoms with Gasteiger partial charge in [-0.25, -0.2) is 4.79 Å². The van der Waals surface area contributed by atoms with Gasteiger partial charge in [0.15, 0.2) is 5.78 Å². The van der Waals surface area contributed by atoms with Crippen molar-refractivity contribution in [2.45, 2.75) is 32.0 Å². The van der Waals surface area contributed by atoms with Gasteiger partial charge >= 0.3 is 12.2 Å². The summed E-state index contributed by atoms with van der Waals surface area (Å²) in [7, 11) is 1.61. The summed E-state index contributed by atoms with van der Waals surface area (Å²) in [6, 6.07) is 11.1. The summed E-state index contributed by atoms with van der Waals surface area (Å²) < 4.78 is 40.4. The third kappa shape index (κ3) is 4.44. The molecule has 7 nitrogen and oxygen atoms in total. The van der Waals surface area contributed by atoms with E-state index in [9.17, 15) is 32.8 Å². The summed E-state index contributed by atoms with van der Waals surface area (Å²) >= 11 is 0. The van der Waals surface area contributed by atoms with Crippen molar-refractivity contribution in [1.29, 1.82) is 5.26 Å². The Kier molecular flexibility index (Phi) is 6.59. The average Bonchev–Trinajstić information content (AvgIpc) is 2.86. The Bertz CT molecular complexity index is 1290. The van der Waals surface area contributed by atoms with Crippen LogP contribution in [-0.2, 0) is 15.8 Å². The van der Waals surface area contributed by atoms with Gasteiger partial charge in [-0.1, -0.05) is 25.1 Å². The van der Waals surface area contributed by atoms with E-state index in [0.29, 0.717) is 16.8 Å². The summed E-state index contributed by atoms with van der Waals surface area (Å²) in [6.07, 6.45) is -4.26. The van der Waals surface area contributed by atoms with Gasteiger partial charge in [0, 0.05) is 32.1 Å². The number of anilines is 1. The molecular formula is C26H23F3N4O3. The highest BCUT2D eigenvalue weighted by atomic mass is 19.4. The molecule has 186 valence electrons. The number of halogens is 3. The number of rotatable bonds is 5. The highest BCUT2D eigenvalue weighted by Gasteiger charge is 2.46. The van der Waals surface area contributed by atoms with Gasteiger partial charge < -0.3 is 9.80 Å². The van der Waals surface area contributed by atoms with Crippen molar-refractivity contribution in [3.63, 3.8) is 0 Å². The van der Waals surface area contributed by atoms with E-state index in [1.807, 2.05) is 6.07 Å². The summed E-state index contributed by atoms with van der Waals surface area (Å²) in [5, 5.41) is 9.17. The number of hydrogen-bond acceptors (Lipinski definition) is 4. The maximum absolute atomic E-state index is 13.9. The van der Waals surface area contributed by atoms with Crippen molar-refractivity contribution >= 4 is 23.4 Å². The van der Waals surface area contributed by atoms with Gasteiger partial charge in [0.25, 0.3) is 5.91 Å². The Morgan fingerprint density at radius 2 is 1.83 bits per heavy atom. The smallest absolute Gasteiger partial charge is 0.341 e. The van der Waals surface area contributed by atoms with Crippen LogP contribution in [0, 0.1) is 11.3 Å². The van der Waals surface area contributed by atoms with Crippen LogP contribution in [0.3, 0.4) is 0 Å². The summed E-state index contributed by atoms with van der Waals surface area (Å²) in [5.41, 5.74) is 0.452. The Morgan fingerprint density at radius 1 is 1.14 bits per heavy atom. The Labute approximate surface area is 206 Å². The van der Waals surface area contributed by atoms with Crippen molar-refractivity contribution in [1.82, 2.24) is 9.80 Å². The third-order valence-corrected chi connectivity index (χ3v) is 6.39. The molecule has 1 atom stereocenters. The number of nitriles is 1. The normalized spacial score (nSPS) is 18.3. The maximum atomic E-state index is 13.9. The number of hydrogen-bond donors (Lipinski definition) is 0. The van der Waals surface area contributed by atoms with E-state index in [-0.39, 0.29) is 48.9 Å². The first-order chi connectivity index (χ1) is 17.1. The second-order valence-corrected chi connectivity index (χ2v) is 8.66. The van der Waals surface area contributed by atoms with E-state index in [1.165, 1.54) is 21.9 Å². The topological polar surface area (TPSA) is 84.7 Å². The van der Waals surface area contributed by atoms with E-state index in [0.717, 1.165) is 17.0 Å². The minimum atomic E-state index is -4.63. The molecule has 0 aliphatic carbocycles. The molecule has 0 aromatic heterocycles. The van der Waals surface area contributed by atoms with Crippen LogP contribution in [0.5, 0.6) is 0 Å². The van der Waals surface area contributed by atoms with Gasteiger partial charge in [-0.05, 0) is 35.9 Å². The summed E-state index contributed by atoms with van der Waals surface area (Å²) in [4.78, 5) is 43.7. The number of carbonyl (C=O) groups excluding carboxylic acids is 3. The molecule has 0 saturated heterocycles. The molecule has 0 N–H and O–H groups in total. The van der Waals surface area contributed by atoms with E-state index in [2.05, 4.69) is 0 Å². The first kappa shape index (κ1) is 25.0. The second kappa shape index (κ2) is 9.49. The minimum Gasteiger partial charge on any atom is -0.341 e. The number of carbonyl (C=O) groups is 3. The molecule has 2 aliphatic heterocycles. The van der Waals surface area contributed by atoms with Gasteiger partial charge in [-0.15, -0.1) is 0 Å². The number of likely N-dealkylation sites (N-methyl/N-ethyl adjacent to an activating group) is 1. The van der Waals surface area contributed by atoms with Crippen molar-refractivity contribution < 1.29 is 27.6 Å². The number of alkyl halides is 3. The van der Waals surface area contributed by atoms with Crippen molar-refractivity contribution in [2.24, 2.45) is 0 Å². The average molecular weight is 496 g/mol. The second-order valence-electron chi connectivity index (χ2n) is 8.66. The van der Waals surface area contributed by atoms with E-state index in [4.69, 9.17) is 0 Å². The molecule has 0 saturated carbocycles. The fraction of sp³-hybridized carbons (Fsp3) is 0.308. The van der Waals surface area contributed by atoms with Crippen LogP contribution in [0.25, 0.3) is 0 Å². The largest absolute Gasteiger partial charge is 0.416 e. The number of Topliss-reactive ketones (excluding diaryl/α,β-unsaturated/α-hetero) is 1. The number of ketones is 1. The van der Waals surface area contributed by atoms with Crippen molar-refractivity contribution in [3.8, 4) is 6.07 Å². The molecule has 36 heavy (non-hydrogen) atoms. The molecule has 3 amide bonds. The van der Waals surface area contributed by atoms with Crippen LogP contribution in [0.15, 0.2) is 59.8 Å². The summed E-state index contributed by atoms with van der Waals surface area (Å²) in [5.74, 6) is -0.657. The van der Waals surface area contributed by atoms with Crippen molar-refractivity contribution in [2.75, 3.05) is 25.0 Å². The van der Waals surface area contributed by atoms with E-state index < -0.39 is 23.8 Å². The molecule has 0 fully saturated rings. The third-order valence-electron chi connectivity index (χ3n) is 6.39. The Hall–Kier alpha value is -4.13. The molecule has 0 spiro atoms. The highest BCUT2D eigenvalue weighted by Crippen LogP contribution is 2.43. The predicted molar refractivity (Wildman–Crippen MR) is 125 cm³/mol. The SMILES string of the molecule is CCC(=O)CN1C(=O)N(c2cccc(C(F)(F)F)c2)C2=C(C(=O)N(C)CC2)C1c1ccc(C#N)cc1. The lowest BCUT2D eigenvalue weighted by Crippen LogP contribution is -2.55. The molecule has 0 radical (unpaired) electrons. The molecule has 2 heterocycles. The van der Waals surface area contributed by atoms with Gasteiger partial charge in [0.2, 0.25) is 0 Å². The van der Waals surface area contributed by atoms with E-state index >= 15 is 0 Å². The predicted octanol–water partition coefficient (Wildman–Crippen LogP) is 4.66. The fourth-order valence-corrected chi connectivity index (χ4v) is 4.49. The van der Waals surface area contributed by atoms with Crippen LogP contribution < -0.4 is 4.90 Å². The number of urea groups is 1. The summed E-state index contributed by atoms with van der Waals surface area (Å²) in [6.45, 7) is 1.58. The van der Waals surface area contributed by atoms with Crippen LogP contribution in [0.2, 0.25) is 0 Å². The first-order valence-electron chi connectivity index (χ1n) is 11.3. The molecule has 2 aliphatic rings. The quantitative estimate of drug-likeness (QED) is 0.603. The van der Waals surface area contributed by atoms with Gasteiger partial charge in [0.05, 0.1) is 41.0 Å². The molecule has 1 unspecified atom stereocenters. The number of amides is 3. The monoisotopic (exact) mass is 496 g/mol. The molecule has 0 bridgehead atoms. The Morgan fingerprint density at radius 3 is 2.44 bits per heavy atom.